The van der Waals surface area contributed by atoms with Gasteiger partial charge in [-0.3, -0.25) is 14.5 Å². The predicted molar refractivity (Wildman–Crippen MR) is 142 cm³/mol. The lowest BCUT2D eigenvalue weighted by atomic mass is 10.1. The largest absolute Gasteiger partial charge is 0.491 e. The molecular formula is C25H29ClFN5O5. The van der Waals surface area contributed by atoms with Gasteiger partial charge in [0.1, 0.15) is 29.3 Å². The van der Waals surface area contributed by atoms with Gasteiger partial charge < -0.3 is 30.4 Å². The number of nitrogens with zero attached hydrogens (tertiary/aromatic N) is 2. The van der Waals surface area contributed by atoms with E-state index in [0.29, 0.717) is 23.1 Å². The number of carboxylic acids is 1. The fourth-order valence-corrected chi connectivity index (χ4v) is 4.10. The molecule has 4 rings (SSSR count). The fraction of sp³-hybridized carbons (Fsp3) is 0.320. The van der Waals surface area contributed by atoms with Crippen LogP contribution in [0, 0.1) is 5.82 Å². The van der Waals surface area contributed by atoms with Crippen LogP contribution in [0.3, 0.4) is 0 Å². The van der Waals surface area contributed by atoms with Gasteiger partial charge in [-0.15, -0.1) is 12.4 Å². The molecule has 1 fully saturated rings. The van der Waals surface area contributed by atoms with Crippen LogP contribution < -0.4 is 20.9 Å². The molecule has 198 valence electrons. The number of rotatable bonds is 8. The molecule has 0 bridgehead atoms. The molecule has 1 saturated heterocycles. The smallest absolute Gasteiger partial charge is 0.339 e. The Balaban J connectivity index is 0.00000380. The monoisotopic (exact) mass is 533 g/mol. The van der Waals surface area contributed by atoms with Crippen LogP contribution in [0.15, 0.2) is 41.2 Å². The average molecular weight is 534 g/mol. The molecule has 3 aromatic rings. The highest BCUT2D eigenvalue weighted by Gasteiger charge is 2.18. The van der Waals surface area contributed by atoms with Crippen molar-refractivity contribution < 1.29 is 23.8 Å². The van der Waals surface area contributed by atoms with E-state index in [1.165, 1.54) is 36.4 Å². The highest BCUT2D eigenvalue weighted by atomic mass is 35.5. The molecule has 2 heterocycles. The topological polar surface area (TPSA) is 127 Å². The number of carbonyl (C=O) groups excluding carboxylic acids is 1. The van der Waals surface area contributed by atoms with Gasteiger partial charge in [0.25, 0.3) is 11.5 Å². The molecule has 0 unspecified atom stereocenters. The number of pyridine rings is 1. The van der Waals surface area contributed by atoms with E-state index in [1.54, 1.807) is 7.05 Å². The summed E-state index contributed by atoms with van der Waals surface area (Å²) in [7, 11) is 3.66. The summed E-state index contributed by atoms with van der Waals surface area (Å²) in [5.41, 5.74) is 0.127. The quantitative estimate of drug-likeness (QED) is 0.348. The Morgan fingerprint density at radius 3 is 2.51 bits per heavy atom. The van der Waals surface area contributed by atoms with Crippen molar-refractivity contribution in [3.63, 3.8) is 0 Å². The van der Waals surface area contributed by atoms with E-state index >= 15 is 0 Å². The van der Waals surface area contributed by atoms with E-state index in [9.17, 15) is 23.9 Å². The number of carbonyl (C=O) groups is 2. The van der Waals surface area contributed by atoms with Crippen LogP contribution in [-0.2, 0) is 0 Å². The van der Waals surface area contributed by atoms with Crippen LogP contribution in [-0.4, -0.2) is 85.2 Å². The van der Waals surface area contributed by atoms with Gasteiger partial charge in [-0.05, 0) is 37.4 Å². The first-order chi connectivity index (χ1) is 17.2. The first kappa shape index (κ1) is 27.9. The minimum Gasteiger partial charge on any atom is -0.491 e. The summed E-state index contributed by atoms with van der Waals surface area (Å²) in [6.07, 6.45) is 0. The molecule has 2 aromatic carbocycles. The van der Waals surface area contributed by atoms with Gasteiger partial charge in [0.2, 0.25) is 0 Å². The molecule has 1 aromatic heterocycles. The molecule has 1 aliphatic heterocycles. The zero-order valence-corrected chi connectivity index (χ0v) is 21.3. The number of carboxylic acid groups (broad SMARTS) is 1. The number of aromatic carboxylic acids is 1. The summed E-state index contributed by atoms with van der Waals surface area (Å²) in [4.78, 5) is 44.2. The number of fused-ring (bicyclic) bond motifs is 1. The van der Waals surface area contributed by atoms with Crippen molar-refractivity contribution in [1.82, 2.24) is 14.8 Å². The second kappa shape index (κ2) is 12.0. The van der Waals surface area contributed by atoms with Crippen molar-refractivity contribution in [1.29, 1.82) is 0 Å². The highest BCUT2D eigenvalue weighted by molar-refractivity contribution is 6.06. The summed E-state index contributed by atoms with van der Waals surface area (Å²) < 4.78 is 19.7. The van der Waals surface area contributed by atoms with E-state index in [0.717, 1.165) is 26.2 Å². The lowest BCUT2D eigenvalue weighted by Crippen LogP contribution is -2.45. The Morgan fingerprint density at radius 1 is 1.11 bits per heavy atom. The number of hydrogen-bond donors (Lipinski definition) is 4. The van der Waals surface area contributed by atoms with E-state index in [-0.39, 0.29) is 41.6 Å². The van der Waals surface area contributed by atoms with Crippen molar-refractivity contribution >= 4 is 46.6 Å². The number of anilines is 2. The Hall–Kier alpha value is -3.67. The number of ether oxygens (including phenoxy) is 1. The van der Waals surface area contributed by atoms with Crippen molar-refractivity contribution in [3.8, 4) is 5.75 Å². The average Bonchev–Trinajstić information content (AvgIpc) is 2.84. The lowest BCUT2D eigenvalue weighted by Gasteiger charge is -2.32. The fourth-order valence-electron chi connectivity index (χ4n) is 4.10. The van der Waals surface area contributed by atoms with Gasteiger partial charge in [-0.1, -0.05) is 0 Å². The summed E-state index contributed by atoms with van der Waals surface area (Å²) in [5, 5.41) is 15.3. The lowest BCUT2D eigenvalue weighted by molar-refractivity contribution is 0.0690. The third-order valence-electron chi connectivity index (χ3n) is 6.16. The maximum absolute atomic E-state index is 14.0. The summed E-state index contributed by atoms with van der Waals surface area (Å²) >= 11 is 0. The molecule has 10 nitrogen and oxygen atoms in total. The van der Waals surface area contributed by atoms with E-state index in [2.05, 4.69) is 32.5 Å². The maximum Gasteiger partial charge on any atom is 0.339 e. The first-order valence-electron chi connectivity index (χ1n) is 11.5. The minimum absolute atomic E-state index is 0. The molecule has 4 N–H and O–H groups in total. The van der Waals surface area contributed by atoms with Gasteiger partial charge in [-0.2, -0.15) is 0 Å². The number of benzene rings is 2. The van der Waals surface area contributed by atoms with Gasteiger partial charge in [0.05, 0.1) is 11.2 Å². The standard InChI is InChI=1S/C25H28FN5O5.ClH/c1-27-20-13-16(26)11-15-12-19(24(33)29-22(15)20)23(32)28-17-3-4-18(25(34)35)21(14-17)36-10-9-31-7-5-30(2)6-8-31;/h3-4,11-14,27H,5-10H2,1-2H3,(H,28,32)(H,29,33)(H,34,35);1H. The predicted octanol–water partition coefficient (Wildman–Crippen LogP) is 2.71. The molecule has 0 radical (unpaired) electrons. The number of H-pyrrole nitrogens is 1. The number of likely N-dealkylation sites (N-methyl/N-ethyl adjacent to an activating group) is 1. The number of amides is 1. The van der Waals surface area contributed by atoms with E-state index < -0.39 is 23.3 Å². The minimum atomic E-state index is -1.16. The van der Waals surface area contributed by atoms with Crippen LogP contribution in [0.5, 0.6) is 5.75 Å². The van der Waals surface area contributed by atoms with Crippen LogP contribution in [0.1, 0.15) is 20.7 Å². The number of piperazine rings is 1. The SMILES string of the molecule is CNc1cc(F)cc2cc(C(=O)Nc3ccc(C(=O)O)c(OCCN4CCN(C)CC4)c3)c(=O)[nH]c12.Cl. The van der Waals surface area contributed by atoms with Crippen LogP contribution >= 0.6 is 12.4 Å². The van der Waals surface area contributed by atoms with Gasteiger partial charge in [0, 0.05) is 56.9 Å². The second-order valence-electron chi connectivity index (χ2n) is 8.64. The van der Waals surface area contributed by atoms with E-state index in [4.69, 9.17) is 4.74 Å². The molecule has 1 amide bonds. The number of aromatic nitrogens is 1. The van der Waals surface area contributed by atoms with Crippen LogP contribution in [0.4, 0.5) is 15.8 Å². The molecule has 12 heteroatoms. The molecule has 0 spiro atoms. The van der Waals surface area contributed by atoms with Gasteiger partial charge >= 0.3 is 5.97 Å². The number of nitrogens with one attached hydrogen (secondary N) is 3. The Morgan fingerprint density at radius 2 is 1.84 bits per heavy atom. The zero-order valence-electron chi connectivity index (χ0n) is 20.5. The van der Waals surface area contributed by atoms with Crippen LogP contribution in [0.25, 0.3) is 10.9 Å². The number of aromatic amines is 1. The van der Waals surface area contributed by atoms with E-state index in [1.807, 2.05) is 0 Å². The molecular weight excluding hydrogens is 505 g/mol. The van der Waals surface area contributed by atoms with Gasteiger partial charge in [-0.25, -0.2) is 9.18 Å². The summed E-state index contributed by atoms with van der Waals surface area (Å²) in [5.74, 6) is -2.29. The maximum atomic E-state index is 14.0. The molecule has 0 atom stereocenters. The molecule has 37 heavy (non-hydrogen) atoms. The normalized spacial score (nSPS) is 14.1. The second-order valence-corrected chi connectivity index (χ2v) is 8.64. The number of hydrogen-bond acceptors (Lipinski definition) is 7. The Labute approximate surface area is 218 Å². The first-order valence-corrected chi connectivity index (χ1v) is 11.5. The van der Waals surface area contributed by atoms with Crippen molar-refractivity contribution in [3.05, 3.63) is 63.7 Å². The molecule has 1 aliphatic rings. The van der Waals surface area contributed by atoms with Crippen molar-refractivity contribution in [2.75, 3.05) is 64.1 Å². The summed E-state index contributed by atoms with van der Waals surface area (Å²) in [6, 6.07) is 7.95. The van der Waals surface area contributed by atoms with Crippen LogP contribution in [0.2, 0.25) is 0 Å². The molecule has 0 saturated carbocycles. The Kier molecular flexibility index (Phi) is 9.09. The number of halogens is 2. The molecule has 0 aliphatic carbocycles. The zero-order chi connectivity index (χ0) is 25.8. The third-order valence-corrected chi connectivity index (χ3v) is 6.16. The van der Waals surface area contributed by atoms with Gasteiger partial charge in [0.15, 0.2) is 0 Å². The highest BCUT2D eigenvalue weighted by Crippen LogP contribution is 2.25. The Bertz CT molecular complexity index is 1360. The summed E-state index contributed by atoms with van der Waals surface area (Å²) in [6.45, 7) is 4.65. The third kappa shape index (κ3) is 6.56. The van der Waals surface area contributed by atoms with Crippen molar-refractivity contribution in [2.45, 2.75) is 0 Å². The van der Waals surface area contributed by atoms with Crippen molar-refractivity contribution in [2.24, 2.45) is 0 Å².